The molecule has 3 rings (SSSR count). The van der Waals surface area contributed by atoms with Crippen molar-refractivity contribution in [1.82, 2.24) is 9.88 Å². The second-order valence-corrected chi connectivity index (χ2v) is 6.95. The minimum atomic E-state index is -0.414. The maximum Gasteiger partial charge on any atom is 0.274 e. The lowest BCUT2D eigenvalue weighted by Crippen LogP contribution is -2.35. The predicted molar refractivity (Wildman–Crippen MR) is 105 cm³/mol. The SMILES string of the molecule is COc1cc(Cl)c(C)cc1NC(=O)c1cc(C(=O)N2CCCCC2)ccn1. The summed E-state index contributed by atoms with van der Waals surface area (Å²) in [6, 6.07) is 6.56. The van der Waals surface area contributed by atoms with E-state index in [2.05, 4.69) is 10.3 Å². The van der Waals surface area contributed by atoms with E-state index in [1.54, 1.807) is 18.2 Å². The number of methoxy groups -OCH3 is 1. The maximum absolute atomic E-state index is 12.6. The number of pyridine rings is 1. The Morgan fingerprint density at radius 2 is 1.93 bits per heavy atom. The second-order valence-electron chi connectivity index (χ2n) is 6.54. The summed E-state index contributed by atoms with van der Waals surface area (Å²) >= 11 is 6.10. The van der Waals surface area contributed by atoms with Crippen molar-refractivity contribution >= 4 is 29.1 Å². The zero-order valence-corrected chi connectivity index (χ0v) is 16.2. The highest BCUT2D eigenvalue weighted by molar-refractivity contribution is 6.31. The van der Waals surface area contributed by atoms with Crippen LogP contribution in [0.5, 0.6) is 5.75 Å². The van der Waals surface area contributed by atoms with Gasteiger partial charge in [0.25, 0.3) is 11.8 Å². The van der Waals surface area contributed by atoms with E-state index < -0.39 is 5.91 Å². The van der Waals surface area contributed by atoms with Crippen LogP contribution in [0.3, 0.4) is 0 Å². The van der Waals surface area contributed by atoms with Crippen molar-refractivity contribution in [3.05, 3.63) is 52.3 Å². The van der Waals surface area contributed by atoms with Crippen LogP contribution in [0.2, 0.25) is 5.02 Å². The number of benzene rings is 1. The Morgan fingerprint density at radius 1 is 1.19 bits per heavy atom. The number of aryl methyl sites for hydroxylation is 1. The molecule has 1 aromatic heterocycles. The third-order valence-electron chi connectivity index (χ3n) is 4.61. The minimum absolute atomic E-state index is 0.0638. The molecular formula is C20H22ClN3O3. The van der Waals surface area contributed by atoms with E-state index in [9.17, 15) is 9.59 Å². The van der Waals surface area contributed by atoms with E-state index in [1.165, 1.54) is 19.4 Å². The minimum Gasteiger partial charge on any atom is -0.495 e. The first kappa shape index (κ1) is 19.2. The highest BCUT2D eigenvalue weighted by Crippen LogP contribution is 2.31. The van der Waals surface area contributed by atoms with Gasteiger partial charge in [-0.15, -0.1) is 0 Å². The number of nitrogens with one attached hydrogen (secondary N) is 1. The van der Waals surface area contributed by atoms with E-state index in [-0.39, 0.29) is 11.6 Å². The van der Waals surface area contributed by atoms with Crippen molar-refractivity contribution in [2.24, 2.45) is 0 Å². The molecule has 1 aromatic carbocycles. The molecule has 0 atom stereocenters. The van der Waals surface area contributed by atoms with Crippen molar-refractivity contribution in [3.8, 4) is 5.75 Å². The summed E-state index contributed by atoms with van der Waals surface area (Å²) in [5, 5.41) is 3.33. The van der Waals surface area contributed by atoms with Crippen molar-refractivity contribution in [3.63, 3.8) is 0 Å². The lowest BCUT2D eigenvalue weighted by Gasteiger charge is -2.26. The van der Waals surface area contributed by atoms with Crippen LogP contribution in [-0.4, -0.2) is 41.9 Å². The third-order valence-corrected chi connectivity index (χ3v) is 5.02. The molecule has 0 spiro atoms. The van der Waals surface area contributed by atoms with Gasteiger partial charge in [0.15, 0.2) is 0 Å². The van der Waals surface area contributed by atoms with E-state index in [1.807, 2.05) is 11.8 Å². The van der Waals surface area contributed by atoms with Gasteiger partial charge >= 0.3 is 0 Å². The van der Waals surface area contributed by atoms with Gasteiger partial charge in [-0.25, -0.2) is 0 Å². The molecule has 1 fully saturated rings. The Balaban J connectivity index is 1.80. The molecule has 27 heavy (non-hydrogen) atoms. The van der Waals surface area contributed by atoms with Gasteiger partial charge in [0.1, 0.15) is 11.4 Å². The van der Waals surface area contributed by atoms with Crippen molar-refractivity contribution in [1.29, 1.82) is 0 Å². The zero-order chi connectivity index (χ0) is 19.4. The number of rotatable bonds is 4. The van der Waals surface area contributed by atoms with Crippen molar-refractivity contribution in [2.75, 3.05) is 25.5 Å². The second kappa shape index (κ2) is 8.39. The van der Waals surface area contributed by atoms with Gasteiger partial charge in [0.05, 0.1) is 12.8 Å². The topological polar surface area (TPSA) is 71.5 Å². The Hall–Kier alpha value is -2.60. The first-order chi connectivity index (χ1) is 13.0. The fraction of sp³-hybridized carbons (Fsp3) is 0.350. The lowest BCUT2D eigenvalue weighted by molar-refractivity contribution is 0.0724. The maximum atomic E-state index is 12.6. The largest absolute Gasteiger partial charge is 0.495 e. The summed E-state index contributed by atoms with van der Waals surface area (Å²) in [4.78, 5) is 31.2. The standard InChI is InChI=1S/C20H22ClN3O3/c1-13-10-16(18(27-2)12-15(13)21)23-19(25)17-11-14(6-7-22-17)20(26)24-8-4-3-5-9-24/h6-7,10-12H,3-5,8-9H2,1-2H3,(H,23,25). The summed E-state index contributed by atoms with van der Waals surface area (Å²) in [6.07, 6.45) is 4.66. The van der Waals surface area contributed by atoms with Gasteiger partial charge in [-0.2, -0.15) is 0 Å². The molecule has 0 bridgehead atoms. The van der Waals surface area contributed by atoms with E-state index in [4.69, 9.17) is 16.3 Å². The van der Waals surface area contributed by atoms with Crippen LogP contribution < -0.4 is 10.1 Å². The summed E-state index contributed by atoms with van der Waals surface area (Å²) in [5.41, 5.74) is 1.96. The van der Waals surface area contributed by atoms with Gasteiger partial charge in [-0.3, -0.25) is 14.6 Å². The number of aromatic nitrogens is 1. The van der Waals surface area contributed by atoms with Gasteiger partial charge in [0.2, 0.25) is 0 Å². The number of carbonyl (C=O) groups is 2. The van der Waals surface area contributed by atoms with Crippen LogP contribution in [0.15, 0.2) is 30.5 Å². The van der Waals surface area contributed by atoms with Crippen LogP contribution in [0, 0.1) is 6.92 Å². The van der Waals surface area contributed by atoms with Crippen LogP contribution in [-0.2, 0) is 0 Å². The number of hydrogen-bond acceptors (Lipinski definition) is 4. The summed E-state index contributed by atoms with van der Waals surface area (Å²) < 4.78 is 5.28. The molecule has 2 aromatic rings. The number of piperidine rings is 1. The number of carbonyl (C=O) groups excluding carboxylic acids is 2. The Bertz CT molecular complexity index is 864. The fourth-order valence-electron chi connectivity index (χ4n) is 3.08. The van der Waals surface area contributed by atoms with E-state index >= 15 is 0 Å². The first-order valence-corrected chi connectivity index (χ1v) is 9.28. The van der Waals surface area contributed by atoms with Crippen LogP contribution >= 0.6 is 11.6 Å². The smallest absolute Gasteiger partial charge is 0.274 e. The molecule has 0 saturated carbocycles. The molecule has 0 radical (unpaired) electrons. The molecule has 0 aliphatic carbocycles. The number of nitrogens with zero attached hydrogens (tertiary/aromatic N) is 2. The molecule has 1 N–H and O–H groups in total. The van der Waals surface area contributed by atoms with Crippen LogP contribution in [0.4, 0.5) is 5.69 Å². The van der Waals surface area contributed by atoms with Gasteiger partial charge in [-0.05, 0) is 49.9 Å². The van der Waals surface area contributed by atoms with Crippen molar-refractivity contribution in [2.45, 2.75) is 26.2 Å². The number of anilines is 1. The number of ether oxygens (including phenoxy) is 1. The number of amides is 2. The molecule has 2 heterocycles. The monoisotopic (exact) mass is 387 g/mol. The molecule has 1 aliphatic heterocycles. The van der Waals surface area contributed by atoms with Crippen LogP contribution in [0.25, 0.3) is 0 Å². The number of hydrogen-bond donors (Lipinski definition) is 1. The average Bonchev–Trinajstić information content (AvgIpc) is 2.70. The molecule has 2 amide bonds. The molecule has 0 unspecified atom stereocenters. The normalized spacial score (nSPS) is 14.0. The summed E-state index contributed by atoms with van der Waals surface area (Å²) in [6.45, 7) is 3.35. The first-order valence-electron chi connectivity index (χ1n) is 8.90. The highest BCUT2D eigenvalue weighted by Gasteiger charge is 2.20. The number of halogens is 1. The predicted octanol–water partition coefficient (Wildman–Crippen LogP) is 3.93. The molecular weight excluding hydrogens is 366 g/mol. The van der Waals surface area contributed by atoms with Gasteiger partial charge in [-0.1, -0.05) is 11.6 Å². The zero-order valence-electron chi connectivity index (χ0n) is 15.4. The quantitative estimate of drug-likeness (QED) is 0.862. The number of likely N-dealkylation sites (tertiary alicyclic amines) is 1. The molecule has 7 heteroatoms. The summed E-state index contributed by atoms with van der Waals surface area (Å²) in [7, 11) is 1.51. The Morgan fingerprint density at radius 3 is 2.63 bits per heavy atom. The lowest BCUT2D eigenvalue weighted by atomic mass is 10.1. The highest BCUT2D eigenvalue weighted by atomic mass is 35.5. The van der Waals surface area contributed by atoms with Gasteiger partial charge in [0, 0.05) is 35.9 Å². The molecule has 6 nitrogen and oxygen atoms in total. The summed E-state index contributed by atoms with van der Waals surface area (Å²) in [5.74, 6) is -0.0196. The van der Waals surface area contributed by atoms with Crippen LogP contribution in [0.1, 0.15) is 45.7 Å². The Kier molecular flexibility index (Phi) is 5.96. The third kappa shape index (κ3) is 4.39. The van der Waals surface area contributed by atoms with E-state index in [0.29, 0.717) is 22.0 Å². The molecule has 1 aliphatic rings. The fourth-order valence-corrected chi connectivity index (χ4v) is 3.24. The molecule has 142 valence electrons. The van der Waals surface area contributed by atoms with Crippen molar-refractivity contribution < 1.29 is 14.3 Å². The Labute approximate surface area is 163 Å². The molecule has 1 saturated heterocycles. The van der Waals surface area contributed by atoms with E-state index in [0.717, 1.165) is 37.9 Å². The van der Waals surface area contributed by atoms with Gasteiger partial charge < -0.3 is 15.0 Å². The average molecular weight is 388 g/mol.